The molecule has 0 aromatic carbocycles. The summed E-state index contributed by atoms with van der Waals surface area (Å²) in [7, 11) is 0. The Hall–Kier alpha value is -1.11. The molecule has 0 bridgehead atoms. The van der Waals surface area contributed by atoms with Crippen molar-refractivity contribution < 1.29 is 14.6 Å². The number of hydrogen-bond donors (Lipinski definition) is 2. The average molecular weight is 310 g/mol. The van der Waals surface area contributed by atoms with Gasteiger partial charge >= 0.3 is 6.03 Å². The van der Waals surface area contributed by atoms with E-state index < -0.39 is 5.60 Å². The number of rotatable bonds is 2. The van der Waals surface area contributed by atoms with Gasteiger partial charge in [-0.05, 0) is 48.1 Å². The summed E-state index contributed by atoms with van der Waals surface area (Å²) < 4.78 is 5.86. The quantitative estimate of drug-likeness (QED) is 0.878. The molecule has 1 aromatic heterocycles. The number of nitrogens with one attached hydrogen (secondary N) is 1. The lowest BCUT2D eigenvalue weighted by atomic mass is 9.82. The van der Waals surface area contributed by atoms with Crippen LogP contribution in [0.2, 0.25) is 0 Å². The zero-order valence-electron chi connectivity index (χ0n) is 12.1. The van der Waals surface area contributed by atoms with Gasteiger partial charge in [-0.25, -0.2) is 4.79 Å². The predicted molar refractivity (Wildman–Crippen MR) is 81.3 cm³/mol. The van der Waals surface area contributed by atoms with Crippen LogP contribution in [0.5, 0.6) is 0 Å². The summed E-state index contributed by atoms with van der Waals surface area (Å²) in [5, 5.41) is 17.2. The van der Waals surface area contributed by atoms with Gasteiger partial charge < -0.3 is 20.1 Å². The number of urea groups is 1. The van der Waals surface area contributed by atoms with Gasteiger partial charge in [0.05, 0.1) is 11.7 Å². The third-order valence-corrected chi connectivity index (χ3v) is 5.27. The van der Waals surface area contributed by atoms with Gasteiger partial charge in [-0.15, -0.1) is 0 Å². The number of aliphatic hydroxyl groups excluding tert-OH is 1. The van der Waals surface area contributed by atoms with E-state index in [0.717, 1.165) is 37.9 Å². The minimum Gasteiger partial charge on any atom is -0.390 e. The van der Waals surface area contributed by atoms with Crippen molar-refractivity contribution in [2.75, 3.05) is 19.7 Å². The largest absolute Gasteiger partial charge is 0.390 e. The molecule has 3 rings (SSSR count). The van der Waals surface area contributed by atoms with E-state index in [1.807, 2.05) is 21.7 Å². The van der Waals surface area contributed by atoms with E-state index in [0.29, 0.717) is 19.6 Å². The first kappa shape index (κ1) is 14.8. The number of likely N-dealkylation sites (tertiary alicyclic amines) is 1. The molecule has 2 aliphatic heterocycles. The number of hydrogen-bond acceptors (Lipinski definition) is 4. The summed E-state index contributed by atoms with van der Waals surface area (Å²) in [6.07, 6.45) is 2.79. The molecule has 2 saturated heterocycles. The van der Waals surface area contributed by atoms with E-state index in [9.17, 15) is 9.90 Å². The predicted octanol–water partition coefficient (Wildman–Crippen LogP) is 1.96. The lowest BCUT2D eigenvalue weighted by molar-refractivity contribution is -0.173. The Balaban J connectivity index is 1.49. The van der Waals surface area contributed by atoms with Gasteiger partial charge in [0.25, 0.3) is 0 Å². The van der Waals surface area contributed by atoms with Crippen LogP contribution in [0.4, 0.5) is 4.79 Å². The topological polar surface area (TPSA) is 61.8 Å². The van der Waals surface area contributed by atoms with Crippen LogP contribution in [0.15, 0.2) is 16.8 Å². The summed E-state index contributed by atoms with van der Waals surface area (Å²) in [5.41, 5.74) is 0.718. The number of aliphatic hydroxyl groups is 1. The van der Waals surface area contributed by atoms with E-state index in [2.05, 4.69) is 5.32 Å². The molecule has 1 spiro atoms. The smallest absolute Gasteiger partial charge is 0.317 e. The summed E-state index contributed by atoms with van der Waals surface area (Å²) in [4.78, 5) is 14.0. The van der Waals surface area contributed by atoms with Crippen molar-refractivity contribution in [2.24, 2.45) is 0 Å². The van der Waals surface area contributed by atoms with E-state index >= 15 is 0 Å². The molecule has 3 heterocycles. The molecule has 0 aliphatic carbocycles. The fraction of sp³-hybridized carbons (Fsp3) is 0.667. The molecule has 2 amide bonds. The Morgan fingerprint density at radius 2 is 2.33 bits per heavy atom. The van der Waals surface area contributed by atoms with Crippen molar-refractivity contribution in [2.45, 2.75) is 43.9 Å². The van der Waals surface area contributed by atoms with Gasteiger partial charge in [0, 0.05) is 26.2 Å². The number of ether oxygens (including phenoxy) is 1. The van der Waals surface area contributed by atoms with Gasteiger partial charge in [0.15, 0.2) is 0 Å². The minimum absolute atomic E-state index is 0.0265. The first-order chi connectivity index (χ1) is 10.2. The Kier molecular flexibility index (Phi) is 4.47. The highest BCUT2D eigenvalue weighted by molar-refractivity contribution is 7.07. The third kappa shape index (κ3) is 3.22. The molecule has 1 aromatic rings. The lowest BCUT2D eigenvalue weighted by Gasteiger charge is -2.46. The maximum atomic E-state index is 12.2. The highest BCUT2D eigenvalue weighted by atomic mass is 32.1. The maximum Gasteiger partial charge on any atom is 0.317 e. The van der Waals surface area contributed by atoms with Crippen LogP contribution in [-0.2, 0) is 11.3 Å². The number of amides is 2. The molecule has 2 aliphatic rings. The van der Waals surface area contributed by atoms with Gasteiger partial charge in [0.2, 0.25) is 0 Å². The van der Waals surface area contributed by atoms with Gasteiger partial charge in [0.1, 0.15) is 0 Å². The monoisotopic (exact) mass is 310 g/mol. The molecular formula is C15H22N2O3S. The molecule has 116 valence electrons. The Morgan fingerprint density at radius 1 is 1.52 bits per heavy atom. The maximum absolute atomic E-state index is 12.2. The molecule has 1 atom stereocenters. The number of thiophene rings is 1. The molecular weight excluding hydrogens is 288 g/mol. The van der Waals surface area contributed by atoms with E-state index in [1.54, 1.807) is 11.3 Å². The van der Waals surface area contributed by atoms with Crippen LogP contribution in [0, 0.1) is 0 Å². The van der Waals surface area contributed by atoms with Gasteiger partial charge in [-0.3, -0.25) is 0 Å². The fourth-order valence-electron chi connectivity index (χ4n) is 3.16. The normalized spacial score (nSPS) is 25.0. The Bertz CT molecular complexity index is 469. The van der Waals surface area contributed by atoms with Crippen molar-refractivity contribution in [3.8, 4) is 0 Å². The van der Waals surface area contributed by atoms with Crippen LogP contribution >= 0.6 is 11.3 Å². The van der Waals surface area contributed by atoms with Crippen molar-refractivity contribution in [1.29, 1.82) is 0 Å². The summed E-state index contributed by atoms with van der Waals surface area (Å²) in [6, 6.07) is 1.99. The first-order valence-electron chi connectivity index (χ1n) is 7.55. The van der Waals surface area contributed by atoms with Crippen LogP contribution in [0.3, 0.4) is 0 Å². The highest BCUT2D eigenvalue weighted by Gasteiger charge is 2.44. The molecule has 21 heavy (non-hydrogen) atoms. The highest BCUT2D eigenvalue weighted by Crippen LogP contribution is 2.35. The van der Waals surface area contributed by atoms with Crippen molar-refractivity contribution in [3.05, 3.63) is 22.4 Å². The standard InChI is InChI=1S/C15H22N2O3S/c18-13-2-1-8-20-15(13)4-6-17(7-5-15)14(19)16-10-12-3-9-21-11-12/h3,9,11,13,18H,1-2,4-8,10H2,(H,16,19)/t13-/m1/s1. The first-order valence-corrected chi connectivity index (χ1v) is 8.50. The van der Waals surface area contributed by atoms with E-state index in [4.69, 9.17) is 4.74 Å². The average Bonchev–Trinajstić information content (AvgIpc) is 3.02. The molecule has 0 saturated carbocycles. The molecule has 5 nitrogen and oxygen atoms in total. The van der Waals surface area contributed by atoms with Crippen molar-refractivity contribution in [1.82, 2.24) is 10.2 Å². The number of carbonyl (C=O) groups excluding carboxylic acids is 1. The second kappa shape index (κ2) is 6.34. The third-order valence-electron chi connectivity index (χ3n) is 4.54. The van der Waals surface area contributed by atoms with Crippen LogP contribution in [0.25, 0.3) is 0 Å². The second-order valence-electron chi connectivity index (χ2n) is 5.85. The summed E-state index contributed by atoms with van der Waals surface area (Å²) in [6.45, 7) is 2.59. The number of piperidine rings is 1. The van der Waals surface area contributed by atoms with Crippen molar-refractivity contribution in [3.63, 3.8) is 0 Å². The van der Waals surface area contributed by atoms with Crippen LogP contribution in [0.1, 0.15) is 31.2 Å². The fourth-order valence-corrected chi connectivity index (χ4v) is 3.83. The molecule has 6 heteroatoms. The molecule has 0 unspecified atom stereocenters. The number of nitrogens with zero attached hydrogens (tertiary/aromatic N) is 1. The Morgan fingerprint density at radius 3 is 3.00 bits per heavy atom. The summed E-state index contributed by atoms with van der Waals surface area (Å²) in [5.74, 6) is 0. The molecule has 2 fully saturated rings. The molecule has 0 radical (unpaired) electrons. The minimum atomic E-state index is -0.414. The van der Waals surface area contributed by atoms with Crippen LogP contribution in [-0.4, -0.2) is 47.4 Å². The van der Waals surface area contributed by atoms with E-state index in [1.165, 1.54) is 0 Å². The van der Waals surface area contributed by atoms with E-state index in [-0.39, 0.29) is 12.1 Å². The van der Waals surface area contributed by atoms with Gasteiger partial charge in [-0.1, -0.05) is 0 Å². The number of carbonyl (C=O) groups is 1. The van der Waals surface area contributed by atoms with Gasteiger partial charge in [-0.2, -0.15) is 11.3 Å². The van der Waals surface area contributed by atoms with Crippen molar-refractivity contribution >= 4 is 17.4 Å². The lowest BCUT2D eigenvalue weighted by Crippen LogP contribution is -2.57. The van der Waals surface area contributed by atoms with Crippen LogP contribution < -0.4 is 5.32 Å². The zero-order chi connectivity index (χ0) is 14.7. The Labute approximate surface area is 128 Å². The summed E-state index contributed by atoms with van der Waals surface area (Å²) >= 11 is 1.63. The second-order valence-corrected chi connectivity index (χ2v) is 6.63. The SMILES string of the molecule is O=C(NCc1ccsc1)N1CCC2(CC1)OCCC[C@H]2O. The molecule has 2 N–H and O–H groups in total. The zero-order valence-corrected chi connectivity index (χ0v) is 12.9.